The standard InChI is InChI=1S/C16H18FNO2/c1-11-7-8-12(9-14(11)17)20-16(10-18)13-5-3-4-6-15(13)19-2/h3-9,16H,10,18H2,1-2H3. The van der Waals surface area contributed by atoms with E-state index in [2.05, 4.69) is 0 Å². The molecule has 0 spiro atoms. The van der Waals surface area contributed by atoms with Crippen LogP contribution >= 0.6 is 0 Å². The molecule has 0 heterocycles. The van der Waals surface area contributed by atoms with E-state index in [1.807, 2.05) is 24.3 Å². The monoisotopic (exact) mass is 275 g/mol. The van der Waals surface area contributed by atoms with Crippen LogP contribution in [0.3, 0.4) is 0 Å². The number of nitrogens with two attached hydrogens (primary N) is 1. The molecular formula is C16H18FNO2. The number of halogens is 1. The van der Waals surface area contributed by atoms with Crippen molar-refractivity contribution in [1.29, 1.82) is 0 Å². The van der Waals surface area contributed by atoms with Gasteiger partial charge >= 0.3 is 0 Å². The molecule has 0 aromatic heterocycles. The molecule has 1 unspecified atom stereocenters. The van der Waals surface area contributed by atoms with E-state index in [-0.39, 0.29) is 18.5 Å². The maximum Gasteiger partial charge on any atom is 0.139 e. The zero-order chi connectivity index (χ0) is 14.5. The van der Waals surface area contributed by atoms with Crippen LogP contribution in [-0.4, -0.2) is 13.7 Å². The summed E-state index contributed by atoms with van der Waals surface area (Å²) in [5, 5.41) is 0. The molecule has 20 heavy (non-hydrogen) atoms. The van der Waals surface area contributed by atoms with E-state index in [1.165, 1.54) is 6.07 Å². The fraction of sp³-hybridized carbons (Fsp3) is 0.250. The molecule has 2 N–H and O–H groups in total. The van der Waals surface area contributed by atoms with E-state index in [0.717, 1.165) is 5.56 Å². The van der Waals surface area contributed by atoms with Crippen molar-refractivity contribution in [3.8, 4) is 11.5 Å². The highest BCUT2D eigenvalue weighted by Crippen LogP contribution is 2.29. The molecule has 1 atom stereocenters. The maximum absolute atomic E-state index is 13.5. The summed E-state index contributed by atoms with van der Waals surface area (Å²) in [5.74, 6) is 0.864. The van der Waals surface area contributed by atoms with Gasteiger partial charge in [0.05, 0.1) is 7.11 Å². The second-order valence-corrected chi connectivity index (χ2v) is 4.50. The first kappa shape index (κ1) is 14.3. The Hall–Kier alpha value is -2.07. The van der Waals surface area contributed by atoms with E-state index in [9.17, 15) is 4.39 Å². The van der Waals surface area contributed by atoms with E-state index >= 15 is 0 Å². The molecule has 4 heteroatoms. The van der Waals surface area contributed by atoms with Gasteiger partial charge in [-0.1, -0.05) is 24.3 Å². The van der Waals surface area contributed by atoms with Crippen LogP contribution in [0.15, 0.2) is 42.5 Å². The van der Waals surface area contributed by atoms with Gasteiger partial charge in [0.1, 0.15) is 23.4 Å². The SMILES string of the molecule is COc1ccccc1C(CN)Oc1ccc(C)c(F)c1. The number of hydrogen-bond acceptors (Lipinski definition) is 3. The highest BCUT2D eigenvalue weighted by Gasteiger charge is 2.16. The third-order valence-electron chi connectivity index (χ3n) is 3.12. The third-order valence-corrected chi connectivity index (χ3v) is 3.12. The molecule has 0 saturated heterocycles. The number of aryl methyl sites for hydroxylation is 1. The normalized spacial score (nSPS) is 12.0. The van der Waals surface area contributed by atoms with E-state index in [1.54, 1.807) is 26.2 Å². The summed E-state index contributed by atoms with van der Waals surface area (Å²) in [7, 11) is 1.60. The predicted molar refractivity (Wildman–Crippen MR) is 76.6 cm³/mol. The highest BCUT2D eigenvalue weighted by atomic mass is 19.1. The molecule has 0 amide bonds. The lowest BCUT2D eigenvalue weighted by molar-refractivity contribution is 0.208. The first-order valence-electron chi connectivity index (χ1n) is 6.41. The average Bonchev–Trinajstić information content (AvgIpc) is 2.48. The summed E-state index contributed by atoms with van der Waals surface area (Å²) >= 11 is 0. The lowest BCUT2D eigenvalue weighted by Gasteiger charge is -2.20. The number of ether oxygens (including phenoxy) is 2. The summed E-state index contributed by atoms with van der Waals surface area (Å²) < 4.78 is 24.6. The van der Waals surface area contributed by atoms with Gasteiger partial charge in [-0.2, -0.15) is 0 Å². The van der Waals surface area contributed by atoms with Crippen LogP contribution in [0.1, 0.15) is 17.2 Å². The van der Waals surface area contributed by atoms with E-state index in [0.29, 0.717) is 17.1 Å². The quantitative estimate of drug-likeness (QED) is 0.911. The van der Waals surface area contributed by atoms with E-state index < -0.39 is 0 Å². The largest absolute Gasteiger partial charge is 0.496 e. The summed E-state index contributed by atoms with van der Waals surface area (Å²) in [6, 6.07) is 12.3. The minimum Gasteiger partial charge on any atom is -0.496 e. The molecule has 0 radical (unpaired) electrons. The summed E-state index contributed by atoms with van der Waals surface area (Å²) in [4.78, 5) is 0. The molecule has 2 aromatic rings. The Kier molecular flexibility index (Phi) is 4.58. The van der Waals surface area contributed by atoms with Gasteiger partial charge < -0.3 is 15.2 Å². The Morgan fingerprint density at radius 3 is 2.60 bits per heavy atom. The van der Waals surface area contributed by atoms with Crippen molar-refractivity contribution in [1.82, 2.24) is 0 Å². The molecule has 3 nitrogen and oxygen atoms in total. The van der Waals surface area contributed by atoms with Gasteiger partial charge in [0.25, 0.3) is 0 Å². The van der Waals surface area contributed by atoms with Crippen LogP contribution in [-0.2, 0) is 0 Å². The smallest absolute Gasteiger partial charge is 0.139 e. The van der Waals surface area contributed by atoms with Crippen LogP contribution in [0.25, 0.3) is 0 Å². The van der Waals surface area contributed by atoms with Crippen molar-refractivity contribution in [3.05, 3.63) is 59.4 Å². The van der Waals surface area contributed by atoms with Crippen molar-refractivity contribution in [2.75, 3.05) is 13.7 Å². The fourth-order valence-electron chi connectivity index (χ4n) is 1.98. The second kappa shape index (κ2) is 6.39. The zero-order valence-corrected chi connectivity index (χ0v) is 11.6. The minimum atomic E-state index is -0.381. The molecule has 0 fully saturated rings. The average molecular weight is 275 g/mol. The summed E-state index contributed by atoms with van der Waals surface area (Å²) in [5.41, 5.74) is 7.20. The topological polar surface area (TPSA) is 44.5 Å². The molecule has 0 aliphatic carbocycles. The minimum absolute atomic E-state index is 0.274. The van der Waals surface area contributed by atoms with Crippen molar-refractivity contribution >= 4 is 0 Å². The number of rotatable bonds is 5. The Labute approximate surface area is 118 Å². The Morgan fingerprint density at radius 2 is 1.95 bits per heavy atom. The van der Waals surface area contributed by atoms with Crippen molar-refractivity contribution in [2.45, 2.75) is 13.0 Å². The third kappa shape index (κ3) is 3.08. The molecule has 106 valence electrons. The van der Waals surface area contributed by atoms with Gasteiger partial charge in [-0.25, -0.2) is 4.39 Å². The molecular weight excluding hydrogens is 257 g/mol. The maximum atomic E-state index is 13.5. The number of hydrogen-bond donors (Lipinski definition) is 1. The Morgan fingerprint density at radius 1 is 1.20 bits per heavy atom. The van der Waals surface area contributed by atoms with Crippen LogP contribution in [0, 0.1) is 12.7 Å². The van der Waals surface area contributed by atoms with Crippen LogP contribution < -0.4 is 15.2 Å². The van der Waals surface area contributed by atoms with Crippen LogP contribution in [0.4, 0.5) is 4.39 Å². The molecule has 2 aromatic carbocycles. The number of benzene rings is 2. The van der Waals surface area contributed by atoms with Gasteiger partial charge in [-0.05, 0) is 24.6 Å². The Balaban J connectivity index is 2.26. The summed E-state index contributed by atoms with van der Waals surface area (Å²) in [6.45, 7) is 1.98. The van der Waals surface area contributed by atoms with Crippen molar-refractivity contribution in [3.63, 3.8) is 0 Å². The predicted octanol–water partition coefficient (Wildman–Crippen LogP) is 3.22. The van der Waals surface area contributed by atoms with Crippen LogP contribution in [0.5, 0.6) is 11.5 Å². The van der Waals surface area contributed by atoms with Gasteiger partial charge in [0.2, 0.25) is 0 Å². The Bertz CT molecular complexity index is 586. The van der Waals surface area contributed by atoms with Gasteiger partial charge in [-0.3, -0.25) is 0 Å². The fourth-order valence-corrected chi connectivity index (χ4v) is 1.98. The van der Waals surface area contributed by atoms with E-state index in [4.69, 9.17) is 15.2 Å². The molecule has 0 bridgehead atoms. The van der Waals surface area contributed by atoms with Crippen molar-refractivity contribution < 1.29 is 13.9 Å². The first-order valence-corrected chi connectivity index (χ1v) is 6.41. The van der Waals surface area contributed by atoms with Gasteiger partial charge in [0, 0.05) is 18.2 Å². The first-order chi connectivity index (χ1) is 9.65. The second-order valence-electron chi connectivity index (χ2n) is 4.50. The molecule has 0 aliphatic rings. The molecule has 0 saturated carbocycles. The molecule has 2 rings (SSSR count). The molecule has 0 aliphatic heterocycles. The van der Waals surface area contributed by atoms with Crippen molar-refractivity contribution in [2.24, 2.45) is 5.73 Å². The van der Waals surface area contributed by atoms with Gasteiger partial charge in [-0.15, -0.1) is 0 Å². The zero-order valence-electron chi connectivity index (χ0n) is 11.6. The number of methoxy groups -OCH3 is 1. The lowest BCUT2D eigenvalue weighted by Crippen LogP contribution is -2.19. The number of para-hydroxylation sites is 1. The lowest BCUT2D eigenvalue weighted by atomic mass is 10.1. The highest BCUT2D eigenvalue weighted by molar-refractivity contribution is 5.37. The van der Waals surface area contributed by atoms with Gasteiger partial charge in [0.15, 0.2) is 0 Å². The summed E-state index contributed by atoms with van der Waals surface area (Å²) in [6.07, 6.45) is -0.381. The van der Waals surface area contributed by atoms with Crippen LogP contribution in [0.2, 0.25) is 0 Å².